The van der Waals surface area contributed by atoms with Crippen LogP contribution in [0.25, 0.3) is 0 Å². The summed E-state index contributed by atoms with van der Waals surface area (Å²) in [5, 5.41) is 15.2. The summed E-state index contributed by atoms with van der Waals surface area (Å²) in [5.41, 5.74) is 3.13. The molecule has 0 aliphatic rings. The van der Waals surface area contributed by atoms with Crippen LogP contribution in [0, 0.1) is 18.3 Å². The Morgan fingerprint density at radius 2 is 1.86 bits per heavy atom. The van der Waals surface area contributed by atoms with Crippen LogP contribution in [0.5, 0.6) is 0 Å². The molecular weight excluding hydrogens is 354 g/mol. The number of nitriles is 1. The third-order valence-electron chi connectivity index (χ3n) is 3.81. The van der Waals surface area contributed by atoms with Crippen molar-refractivity contribution >= 4 is 29.1 Å². The molecule has 1 heterocycles. The number of nitrogens with zero attached hydrogens (tertiary/aromatic N) is 3. The van der Waals surface area contributed by atoms with Crippen LogP contribution >= 0.6 is 0 Å². The van der Waals surface area contributed by atoms with E-state index in [-0.39, 0.29) is 0 Å². The highest BCUT2D eigenvalue weighted by atomic mass is 16.5. The van der Waals surface area contributed by atoms with Crippen molar-refractivity contribution in [1.29, 1.82) is 5.26 Å². The number of rotatable bonds is 6. The van der Waals surface area contributed by atoms with Crippen LogP contribution in [0.3, 0.4) is 0 Å². The van der Waals surface area contributed by atoms with E-state index in [9.17, 15) is 4.79 Å². The fraction of sp³-hybridized carbons (Fsp3) is 0.143. The Labute approximate surface area is 163 Å². The number of para-hydroxylation sites is 1. The molecule has 0 unspecified atom stereocenters. The lowest BCUT2D eigenvalue weighted by Crippen LogP contribution is -2.09. The smallest absolute Gasteiger partial charge is 0.340 e. The second-order valence-corrected chi connectivity index (χ2v) is 5.92. The average molecular weight is 373 g/mol. The molecule has 3 aromatic rings. The quantitative estimate of drug-likeness (QED) is 0.621. The van der Waals surface area contributed by atoms with Crippen LogP contribution in [0.2, 0.25) is 0 Å². The molecule has 2 aromatic carbocycles. The summed E-state index contributed by atoms with van der Waals surface area (Å²) >= 11 is 0. The number of nitrogens with one attached hydrogen (secondary N) is 2. The second-order valence-electron chi connectivity index (χ2n) is 5.92. The predicted molar refractivity (Wildman–Crippen MR) is 107 cm³/mol. The van der Waals surface area contributed by atoms with Gasteiger partial charge < -0.3 is 15.4 Å². The van der Waals surface area contributed by atoms with Gasteiger partial charge in [0.15, 0.2) is 0 Å². The normalized spacial score (nSPS) is 10.0. The van der Waals surface area contributed by atoms with Gasteiger partial charge in [-0.1, -0.05) is 12.1 Å². The van der Waals surface area contributed by atoms with Gasteiger partial charge in [0, 0.05) is 17.4 Å². The molecule has 0 saturated carbocycles. The number of ether oxygens (including phenoxy) is 1. The van der Waals surface area contributed by atoms with Crippen LogP contribution < -0.4 is 10.6 Å². The lowest BCUT2D eigenvalue weighted by atomic mass is 10.2. The molecule has 1 aromatic heterocycles. The molecule has 0 spiro atoms. The van der Waals surface area contributed by atoms with E-state index in [0.717, 1.165) is 11.4 Å². The second kappa shape index (κ2) is 8.64. The van der Waals surface area contributed by atoms with Gasteiger partial charge in [-0.25, -0.2) is 9.78 Å². The fourth-order valence-corrected chi connectivity index (χ4v) is 2.56. The standard InChI is InChI=1S/C21H19N5O2/c1-3-28-20(27)17-6-4-5-7-18(17)25-19-12-14(2)23-21(26-19)24-16-10-8-15(13-22)9-11-16/h4-12H,3H2,1-2H3,(H2,23,24,25,26). The van der Waals surface area contributed by atoms with Gasteiger partial charge in [0.1, 0.15) is 5.82 Å². The van der Waals surface area contributed by atoms with Gasteiger partial charge in [-0.05, 0) is 50.2 Å². The van der Waals surface area contributed by atoms with Gasteiger partial charge in [0.25, 0.3) is 0 Å². The number of hydrogen-bond donors (Lipinski definition) is 2. The van der Waals surface area contributed by atoms with Crippen molar-refractivity contribution in [2.75, 3.05) is 17.2 Å². The number of aromatic nitrogens is 2. The van der Waals surface area contributed by atoms with Crippen LogP contribution in [0.15, 0.2) is 54.6 Å². The van der Waals surface area contributed by atoms with Crippen molar-refractivity contribution in [3.63, 3.8) is 0 Å². The third-order valence-corrected chi connectivity index (χ3v) is 3.81. The molecule has 28 heavy (non-hydrogen) atoms. The maximum absolute atomic E-state index is 12.2. The first-order chi connectivity index (χ1) is 13.6. The monoisotopic (exact) mass is 373 g/mol. The maximum atomic E-state index is 12.2. The molecule has 0 atom stereocenters. The molecular formula is C21H19N5O2. The first kappa shape index (κ1) is 18.9. The molecule has 0 saturated heterocycles. The molecule has 2 N–H and O–H groups in total. The molecule has 3 rings (SSSR count). The molecule has 0 amide bonds. The maximum Gasteiger partial charge on any atom is 0.340 e. The van der Waals surface area contributed by atoms with Crippen molar-refractivity contribution in [3.8, 4) is 6.07 Å². The van der Waals surface area contributed by atoms with Crippen LogP contribution in [-0.2, 0) is 4.74 Å². The predicted octanol–water partition coefficient (Wildman–Crippen LogP) is 4.32. The Morgan fingerprint density at radius 1 is 1.11 bits per heavy atom. The van der Waals surface area contributed by atoms with Crippen molar-refractivity contribution in [2.24, 2.45) is 0 Å². The molecule has 0 radical (unpaired) electrons. The van der Waals surface area contributed by atoms with Crippen LogP contribution in [0.4, 0.5) is 23.1 Å². The zero-order valence-corrected chi connectivity index (χ0v) is 15.6. The summed E-state index contributed by atoms with van der Waals surface area (Å²) in [6.45, 7) is 3.93. The van der Waals surface area contributed by atoms with Gasteiger partial charge in [0.2, 0.25) is 5.95 Å². The summed E-state index contributed by atoms with van der Waals surface area (Å²) in [5.74, 6) is 0.550. The Balaban J connectivity index is 1.84. The van der Waals surface area contributed by atoms with Crippen LogP contribution in [-0.4, -0.2) is 22.5 Å². The van der Waals surface area contributed by atoms with E-state index in [4.69, 9.17) is 10.00 Å². The molecule has 0 bridgehead atoms. The number of aryl methyl sites for hydroxylation is 1. The van der Waals surface area contributed by atoms with E-state index in [1.807, 2.05) is 13.0 Å². The largest absolute Gasteiger partial charge is 0.462 e. The zero-order valence-electron chi connectivity index (χ0n) is 15.6. The Bertz CT molecular complexity index is 1030. The van der Waals surface area contributed by atoms with Gasteiger partial charge in [-0.15, -0.1) is 0 Å². The molecule has 0 aliphatic heterocycles. The van der Waals surface area contributed by atoms with E-state index in [1.165, 1.54) is 0 Å². The van der Waals surface area contributed by atoms with Crippen molar-refractivity contribution in [2.45, 2.75) is 13.8 Å². The van der Waals surface area contributed by atoms with E-state index >= 15 is 0 Å². The molecule has 140 valence electrons. The molecule has 0 aliphatic carbocycles. The first-order valence-corrected chi connectivity index (χ1v) is 8.75. The van der Waals surface area contributed by atoms with Gasteiger partial charge in [0.05, 0.1) is 29.5 Å². The highest BCUT2D eigenvalue weighted by Gasteiger charge is 2.13. The Hall–Kier alpha value is -3.92. The fourth-order valence-electron chi connectivity index (χ4n) is 2.56. The topological polar surface area (TPSA) is 99.9 Å². The minimum atomic E-state index is -0.396. The summed E-state index contributed by atoms with van der Waals surface area (Å²) in [7, 11) is 0. The number of anilines is 4. The third kappa shape index (κ3) is 4.62. The number of esters is 1. The minimum Gasteiger partial charge on any atom is -0.462 e. The Kier molecular flexibility index (Phi) is 5.82. The van der Waals surface area contributed by atoms with E-state index in [1.54, 1.807) is 55.5 Å². The molecule has 7 heteroatoms. The summed E-state index contributed by atoms with van der Waals surface area (Å²) in [4.78, 5) is 21.0. The highest BCUT2D eigenvalue weighted by Crippen LogP contribution is 2.23. The van der Waals surface area contributed by atoms with Gasteiger partial charge >= 0.3 is 5.97 Å². The molecule has 0 fully saturated rings. The van der Waals surface area contributed by atoms with Gasteiger partial charge in [-0.3, -0.25) is 0 Å². The number of benzene rings is 2. The average Bonchev–Trinajstić information content (AvgIpc) is 2.69. The van der Waals surface area contributed by atoms with Crippen molar-refractivity contribution in [1.82, 2.24) is 9.97 Å². The Morgan fingerprint density at radius 3 is 2.57 bits per heavy atom. The highest BCUT2D eigenvalue weighted by molar-refractivity contribution is 5.96. The number of hydrogen-bond acceptors (Lipinski definition) is 7. The number of carbonyl (C=O) groups is 1. The van der Waals surface area contributed by atoms with Crippen molar-refractivity contribution < 1.29 is 9.53 Å². The minimum absolute atomic E-state index is 0.304. The lowest BCUT2D eigenvalue weighted by molar-refractivity contribution is 0.0527. The SMILES string of the molecule is CCOC(=O)c1ccccc1Nc1cc(C)nc(Nc2ccc(C#N)cc2)n1. The van der Waals surface area contributed by atoms with Crippen molar-refractivity contribution in [3.05, 3.63) is 71.4 Å². The first-order valence-electron chi connectivity index (χ1n) is 8.75. The zero-order chi connectivity index (χ0) is 19.9. The lowest BCUT2D eigenvalue weighted by Gasteiger charge is -2.12. The van der Waals surface area contributed by atoms with Gasteiger partial charge in [-0.2, -0.15) is 10.2 Å². The van der Waals surface area contributed by atoms with Crippen LogP contribution in [0.1, 0.15) is 28.5 Å². The number of carbonyl (C=O) groups excluding carboxylic acids is 1. The summed E-state index contributed by atoms with van der Waals surface area (Å²) < 4.78 is 5.10. The van der Waals surface area contributed by atoms with E-state index in [2.05, 4.69) is 26.7 Å². The van der Waals surface area contributed by atoms with E-state index < -0.39 is 5.97 Å². The summed E-state index contributed by atoms with van der Waals surface area (Å²) in [6.07, 6.45) is 0. The summed E-state index contributed by atoms with van der Waals surface area (Å²) in [6, 6.07) is 18.0. The van der Waals surface area contributed by atoms with E-state index in [0.29, 0.717) is 35.2 Å². The molecule has 7 nitrogen and oxygen atoms in total.